The fourth-order valence-electron chi connectivity index (χ4n) is 5.69. The molecule has 1 aromatic heterocycles. The minimum atomic E-state index is -0.412. The highest BCUT2D eigenvalue weighted by atomic mass is 16.5. The largest absolute Gasteiger partial charge is 0.483 e. The first-order valence-corrected chi connectivity index (χ1v) is 11.7. The van der Waals surface area contributed by atoms with E-state index < -0.39 is 5.41 Å². The molecule has 3 heterocycles. The lowest BCUT2D eigenvalue weighted by atomic mass is 9.85. The lowest BCUT2D eigenvalue weighted by Gasteiger charge is -2.23. The van der Waals surface area contributed by atoms with Crippen LogP contribution in [-0.4, -0.2) is 54.4 Å². The summed E-state index contributed by atoms with van der Waals surface area (Å²) in [5, 5.41) is 0.814. The first kappa shape index (κ1) is 21.0. The molecular formula is C25H30N2O5. The van der Waals surface area contributed by atoms with Gasteiger partial charge in [-0.05, 0) is 68.7 Å². The average Bonchev–Trinajstić information content (AvgIpc) is 3.48. The summed E-state index contributed by atoms with van der Waals surface area (Å²) < 4.78 is 11.6. The Hall–Kier alpha value is -2.83. The Morgan fingerprint density at radius 2 is 1.94 bits per heavy atom. The van der Waals surface area contributed by atoms with Crippen LogP contribution in [-0.2, 0) is 22.4 Å². The number of likely N-dealkylation sites (tertiary alicyclic amines) is 2. The maximum atomic E-state index is 13.0. The molecule has 1 aliphatic carbocycles. The number of amides is 2. The van der Waals surface area contributed by atoms with Gasteiger partial charge in [-0.1, -0.05) is 6.92 Å². The van der Waals surface area contributed by atoms with Gasteiger partial charge in [0.15, 0.2) is 6.61 Å². The molecule has 0 saturated carbocycles. The maximum Gasteiger partial charge on any atom is 0.339 e. The number of aryl methyl sites for hydroxylation is 2. The van der Waals surface area contributed by atoms with Crippen LogP contribution in [0.25, 0.3) is 11.0 Å². The molecule has 2 aliphatic heterocycles. The fourth-order valence-corrected chi connectivity index (χ4v) is 5.69. The van der Waals surface area contributed by atoms with Crippen molar-refractivity contribution in [1.82, 2.24) is 9.80 Å². The predicted octanol–water partition coefficient (Wildman–Crippen LogP) is 2.83. The van der Waals surface area contributed by atoms with Crippen molar-refractivity contribution in [2.24, 2.45) is 5.41 Å². The normalized spacial score (nSPS) is 22.4. The van der Waals surface area contributed by atoms with Crippen molar-refractivity contribution < 1.29 is 18.7 Å². The van der Waals surface area contributed by atoms with E-state index in [-0.39, 0.29) is 24.0 Å². The molecule has 1 unspecified atom stereocenters. The maximum absolute atomic E-state index is 13.0. The van der Waals surface area contributed by atoms with E-state index in [1.54, 1.807) is 4.90 Å². The highest BCUT2D eigenvalue weighted by Crippen LogP contribution is 2.41. The zero-order chi connectivity index (χ0) is 22.5. The molecule has 7 heteroatoms. The highest BCUT2D eigenvalue weighted by molar-refractivity contribution is 5.90. The van der Waals surface area contributed by atoms with Gasteiger partial charge in [0, 0.05) is 31.7 Å². The number of nitrogens with zero attached hydrogens (tertiary/aromatic N) is 2. The van der Waals surface area contributed by atoms with Crippen molar-refractivity contribution >= 4 is 22.8 Å². The molecule has 2 saturated heterocycles. The summed E-state index contributed by atoms with van der Waals surface area (Å²) in [5.74, 6) is 0.688. The Morgan fingerprint density at radius 1 is 1.16 bits per heavy atom. The van der Waals surface area contributed by atoms with E-state index in [2.05, 4.69) is 6.92 Å². The number of ether oxygens (including phenoxy) is 1. The molecule has 0 bridgehead atoms. The van der Waals surface area contributed by atoms with Crippen LogP contribution in [0.3, 0.4) is 0 Å². The van der Waals surface area contributed by atoms with Crippen LogP contribution in [0.2, 0.25) is 0 Å². The number of rotatable bonds is 5. The van der Waals surface area contributed by atoms with E-state index in [0.717, 1.165) is 73.7 Å². The smallest absolute Gasteiger partial charge is 0.339 e. The molecule has 7 nitrogen and oxygen atoms in total. The van der Waals surface area contributed by atoms with E-state index in [0.29, 0.717) is 24.4 Å². The van der Waals surface area contributed by atoms with Crippen molar-refractivity contribution in [2.45, 2.75) is 52.4 Å². The molecule has 0 N–H and O–H groups in total. The van der Waals surface area contributed by atoms with E-state index >= 15 is 0 Å². The summed E-state index contributed by atoms with van der Waals surface area (Å²) in [5.41, 5.74) is 2.48. The minimum Gasteiger partial charge on any atom is -0.483 e. The molecule has 5 rings (SSSR count). The number of benzene rings is 1. The molecule has 1 aromatic carbocycles. The van der Waals surface area contributed by atoms with Crippen molar-refractivity contribution in [3.63, 3.8) is 0 Å². The first-order chi connectivity index (χ1) is 15.4. The van der Waals surface area contributed by atoms with Gasteiger partial charge in [-0.15, -0.1) is 0 Å². The Kier molecular flexibility index (Phi) is 5.22. The standard InChI is InChI=1S/C25H30N2O5/c1-3-9-26-10-7-25(24(26)30)8-11-27(15-25)21(28)14-31-19-12-16(2)13-20-22(19)17-5-4-6-18(17)23(29)32-20/h12-13H,3-11,14-15H2,1-2H3. The van der Waals surface area contributed by atoms with Crippen LogP contribution in [0.1, 0.15) is 49.3 Å². The molecule has 32 heavy (non-hydrogen) atoms. The third-order valence-electron chi connectivity index (χ3n) is 7.33. The van der Waals surface area contributed by atoms with E-state index in [4.69, 9.17) is 9.15 Å². The lowest BCUT2D eigenvalue weighted by molar-refractivity contribution is -0.137. The number of hydrogen-bond acceptors (Lipinski definition) is 5. The van der Waals surface area contributed by atoms with Gasteiger partial charge in [0.1, 0.15) is 11.3 Å². The van der Waals surface area contributed by atoms with Crippen molar-refractivity contribution in [2.75, 3.05) is 32.8 Å². The Morgan fingerprint density at radius 3 is 2.75 bits per heavy atom. The number of hydrogen-bond donors (Lipinski definition) is 0. The van der Waals surface area contributed by atoms with Gasteiger partial charge in [-0.2, -0.15) is 0 Å². The van der Waals surface area contributed by atoms with Crippen molar-refractivity contribution in [1.29, 1.82) is 0 Å². The Balaban J connectivity index is 1.33. The third kappa shape index (κ3) is 3.38. The van der Waals surface area contributed by atoms with E-state index in [1.165, 1.54) is 0 Å². The summed E-state index contributed by atoms with van der Waals surface area (Å²) in [6, 6.07) is 3.75. The second-order valence-electron chi connectivity index (χ2n) is 9.51. The van der Waals surface area contributed by atoms with Gasteiger partial charge in [0.25, 0.3) is 5.91 Å². The van der Waals surface area contributed by atoms with Crippen LogP contribution in [0.15, 0.2) is 21.3 Å². The zero-order valence-electron chi connectivity index (χ0n) is 18.9. The summed E-state index contributed by atoms with van der Waals surface area (Å²) >= 11 is 0. The molecule has 2 fully saturated rings. The molecule has 3 aliphatic rings. The van der Waals surface area contributed by atoms with Gasteiger partial charge in [0.05, 0.1) is 10.8 Å². The summed E-state index contributed by atoms with van der Waals surface area (Å²) in [7, 11) is 0. The van der Waals surface area contributed by atoms with Crippen LogP contribution in [0.5, 0.6) is 5.75 Å². The topological polar surface area (TPSA) is 80.1 Å². The monoisotopic (exact) mass is 438 g/mol. The van der Waals surface area contributed by atoms with Gasteiger partial charge in [-0.3, -0.25) is 9.59 Å². The highest BCUT2D eigenvalue weighted by Gasteiger charge is 2.51. The van der Waals surface area contributed by atoms with Crippen LogP contribution in [0.4, 0.5) is 0 Å². The predicted molar refractivity (Wildman–Crippen MR) is 120 cm³/mol. The average molecular weight is 439 g/mol. The number of carbonyl (C=O) groups is 2. The lowest BCUT2D eigenvalue weighted by Crippen LogP contribution is -2.39. The Bertz CT molecular complexity index is 1150. The Labute approximate surface area is 187 Å². The second-order valence-corrected chi connectivity index (χ2v) is 9.51. The zero-order valence-corrected chi connectivity index (χ0v) is 18.9. The molecule has 0 radical (unpaired) electrons. The summed E-state index contributed by atoms with van der Waals surface area (Å²) in [4.78, 5) is 41.9. The molecule has 2 aromatic rings. The molecule has 170 valence electrons. The molecule has 1 atom stereocenters. The van der Waals surface area contributed by atoms with Crippen LogP contribution < -0.4 is 10.4 Å². The first-order valence-electron chi connectivity index (χ1n) is 11.7. The van der Waals surface area contributed by atoms with Gasteiger partial charge in [-0.25, -0.2) is 4.79 Å². The quantitative estimate of drug-likeness (QED) is 0.671. The second kappa shape index (κ2) is 7.94. The van der Waals surface area contributed by atoms with Crippen LogP contribution >= 0.6 is 0 Å². The summed E-state index contributed by atoms with van der Waals surface area (Å²) in [6.07, 6.45) is 4.96. The summed E-state index contributed by atoms with van der Waals surface area (Å²) in [6.45, 7) is 6.56. The van der Waals surface area contributed by atoms with Gasteiger partial charge >= 0.3 is 5.63 Å². The van der Waals surface area contributed by atoms with Gasteiger partial charge in [0.2, 0.25) is 5.91 Å². The molecular weight excluding hydrogens is 408 g/mol. The third-order valence-corrected chi connectivity index (χ3v) is 7.33. The molecule has 2 amide bonds. The van der Waals surface area contributed by atoms with E-state index in [9.17, 15) is 14.4 Å². The number of fused-ring (bicyclic) bond motifs is 3. The van der Waals surface area contributed by atoms with Gasteiger partial charge < -0.3 is 19.0 Å². The van der Waals surface area contributed by atoms with Crippen molar-refractivity contribution in [3.05, 3.63) is 39.2 Å². The van der Waals surface area contributed by atoms with Crippen molar-refractivity contribution in [3.8, 4) is 5.75 Å². The SMILES string of the molecule is CCCN1CCC2(CCN(C(=O)COc3cc(C)cc4oc(=O)c5c(c34)CCC5)C2)C1=O. The van der Waals surface area contributed by atoms with Crippen LogP contribution in [0, 0.1) is 12.3 Å². The number of carbonyl (C=O) groups excluding carboxylic acids is 2. The molecule has 1 spiro atoms. The fraction of sp³-hybridized carbons (Fsp3) is 0.560. The minimum absolute atomic E-state index is 0.0879. The van der Waals surface area contributed by atoms with E-state index in [1.807, 2.05) is 24.0 Å².